The van der Waals surface area contributed by atoms with Gasteiger partial charge in [0.25, 0.3) is 5.91 Å². The molecule has 7 heteroatoms. The summed E-state index contributed by atoms with van der Waals surface area (Å²) in [5, 5.41) is 2.55. The Hall–Kier alpha value is -2.96. The van der Waals surface area contributed by atoms with Crippen LogP contribution in [0.25, 0.3) is 11.0 Å². The van der Waals surface area contributed by atoms with Crippen LogP contribution in [0.4, 0.5) is 4.39 Å². The van der Waals surface area contributed by atoms with Crippen LogP contribution in [0.2, 0.25) is 0 Å². The molecule has 0 aliphatic carbocycles. The van der Waals surface area contributed by atoms with E-state index < -0.39 is 6.67 Å². The molecule has 1 N–H and O–H groups in total. The normalized spacial score (nSPS) is 12.7. The van der Waals surface area contributed by atoms with Gasteiger partial charge in [0.15, 0.2) is 0 Å². The van der Waals surface area contributed by atoms with E-state index in [4.69, 9.17) is 4.74 Å². The molecule has 0 unspecified atom stereocenters. The average Bonchev–Trinajstić information content (AvgIpc) is 3.02. The largest absolute Gasteiger partial charge is 0.501 e. The third kappa shape index (κ3) is 4.61. The molecular weight excluding hydrogens is 347 g/mol. The van der Waals surface area contributed by atoms with Crippen LogP contribution in [-0.4, -0.2) is 41.5 Å². The van der Waals surface area contributed by atoms with Gasteiger partial charge in [0, 0.05) is 30.7 Å². The van der Waals surface area contributed by atoms with Crippen LogP contribution in [0.3, 0.4) is 0 Å². The number of nitrogens with zero attached hydrogens (tertiary/aromatic N) is 3. The van der Waals surface area contributed by atoms with Crippen molar-refractivity contribution in [1.29, 1.82) is 0 Å². The molecule has 2 aromatic rings. The smallest absolute Gasteiger partial charge is 0.255 e. The Morgan fingerprint density at radius 3 is 2.85 bits per heavy atom. The van der Waals surface area contributed by atoms with Gasteiger partial charge < -0.3 is 14.6 Å². The fourth-order valence-corrected chi connectivity index (χ4v) is 2.70. The van der Waals surface area contributed by atoms with Crippen molar-refractivity contribution in [3.8, 4) is 0 Å². The van der Waals surface area contributed by atoms with Gasteiger partial charge in [0.2, 0.25) is 0 Å². The molecular formula is C20H25FN4O2. The Balaban J connectivity index is 2.54. The van der Waals surface area contributed by atoms with Crippen LogP contribution in [0, 0.1) is 6.92 Å². The Kier molecular flexibility index (Phi) is 6.87. The molecule has 0 radical (unpaired) electrons. The van der Waals surface area contributed by atoms with E-state index in [0.717, 1.165) is 28.1 Å². The minimum Gasteiger partial charge on any atom is -0.501 e. The van der Waals surface area contributed by atoms with Gasteiger partial charge in [-0.25, -0.2) is 4.39 Å². The van der Waals surface area contributed by atoms with Gasteiger partial charge in [0.1, 0.15) is 12.2 Å². The first-order chi connectivity index (χ1) is 12.9. The highest BCUT2D eigenvalue weighted by Gasteiger charge is 2.18. The molecule has 2 heterocycles. The number of hydrogen-bond acceptors (Lipinski definition) is 4. The molecule has 0 aliphatic heterocycles. The van der Waals surface area contributed by atoms with Crippen molar-refractivity contribution in [3.63, 3.8) is 0 Å². The van der Waals surface area contributed by atoms with Crippen LogP contribution in [0.5, 0.6) is 0 Å². The number of carbonyl (C=O) groups excluding carboxylic acids is 1. The van der Waals surface area contributed by atoms with Gasteiger partial charge in [-0.3, -0.25) is 14.8 Å². The summed E-state index contributed by atoms with van der Waals surface area (Å²) in [6.45, 7) is 9.17. The van der Waals surface area contributed by atoms with Crippen molar-refractivity contribution in [2.24, 2.45) is 4.99 Å². The standard InChI is InChI=1S/C20H25FN4O2/c1-6-22-17(14(3)15(4)27-5)12-25-11-16(20(26)23-8-7-21)19-18(25)9-13(2)10-24-19/h6,9-11H,1,7-8,12H2,2-5H3,(H,23,26)/b15-14+,22-17-. The van der Waals surface area contributed by atoms with E-state index in [1.165, 1.54) is 6.20 Å². The average molecular weight is 372 g/mol. The quantitative estimate of drug-likeness (QED) is 0.569. The molecule has 0 atom stereocenters. The summed E-state index contributed by atoms with van der Waals surface area (Å²) in [6.07, 6.45) is 4.90. The van der Waals surface area contributed by atoms with Gasteiger partial charge in [-0.05, 0) is 32.4 Å². The number of aryl methyl sites for hydroxylation is 1. The van der Waals surface area contributed by atoms with Gasteiger partial charge in [-0.15, -0.1) is 0 Å². The van der Waals surface area contributed by atoms with Gasteiger partial charge in [-0.1, -0.05) is 6.58 Å². The third-order valence-corrected chi connectivity index (χ3v) is 4.31. The summed E-state index contributed by atoms with van der Waals surface area (Å²) in [5.74, 6) is 0.401. The lowest BCUT2D eigenvalue weighted by Gasteiger charge is -2.12. The zero-order valence-electron chi connectivity index (χ0n) is 16.2. The monoisotopic (exact) mass is 372 g/mol. The fraction of sp³-hybridized carbons (Fsp3) is 0.350. The number of rotatable bonds is 8. The van der Waals surface area contributed by atoms with Crippen molar-refractivity contribution in [1.82, 2.24) is 14.9 Å². The Morgan fingerprint density at radius 2 is 2.22 bits per heavy atom. The zero-order chi connectivity index (χ0) is 20.0. The second-order valence-electron chi connectivity index (χ2n) is 6.14. The predicted molar refractivity (Wildman–Crippen MR) is 106 cm³/mol. The van der Waals surface area contributed by atoms with E-state index in [1.54, 1.807) is 19.5 Å². The molecule has 0 aromatic carbocycles. The molecule has 0 spiro atoms. The Labute approximate surface area is 158 Å². The number of ether oxygens (including phenoxy) is 1. The highest BCUT2D eigenvalue weighted by Crippen LogP contribution is 2.22. The summed E-state index contributed by atoms with van der Waals surface area (Å²) in [4.78, 5) is 21.2. The molecule has 0 saturated carbocycles. The molecule has 0 saturated heterocycles. The van der Waals surface area contributed by atoms with E-state index >= 15 is 0 Å². The first-order valence-corrected chi connectivity index (χ1v) is 8.62. The van der Waals surface area contributed by atoms with Crippen molar-refractivity contribution < 1.29 is 13.9 Å². The van der Waals surface area contributed by atoms with Crippen molar-refractivity contribution in [2.75, 3.05) is 20.3 Å². The summed E-state index contributed by atoms with van der Waals surface area (Å²) in [7, 11) is 1.61. The first-order valence-electron chi connectivity index (χ1n) is 8.62. The van der Waals surface area contributed by atoms with Crippen LogP contribution in [0.1, 0.15) is 29.8 Å². The molecule has 0 aliphatic rings. The van der Waals surface area contributed by atoms with Crippen LogP contribution >= 0.6 is 0 Å². The number of allylic oxidation sites excluding steroid dienone is 2. The number of halogens is 1. The Bertz CT molecular complexity index is 912. The maximum atomic E-state index is 12.4. The number of methoxy groups -OCH3 is 1. The SMILES string of the molecule is C=C/N=C(Cn1cc(C(=O)NCCF)c2ncc(C)cc21)\C(C)=C(/C)OC. The number of pyridine rings is 1. The number of aliphatic imine (C=N–C) groups is 1. The number of carbonyl (C=O) groups is 1. The van der Waals surface area contributed by atoms with E-state index in [9.17, 15) is 9.18 Å². The number of amides is 1. The van der Waals surface area contributed by atoms with E-state index in [-0.39, 0.29) is 12.5 Å². The number of alkyl halides is 1. The molecule has 1 amide bonds. The first kappa shape index (κ1) is 20.4. The summed E-state index contributed by atoms with van der Waals surface area (Å²) in [5.41, 5.74) is 4.41. The van der Waals surface area contributed by atoms with Gasteiger partial charge in [0.05, 0.1) is 36.2 Å². The maximum Gasteiger partial charge on any atom is 0.255 e. The number of hydrogen-bond donors (Lipinski definition) is 1. The highest BCUT2D eigenvalue weighted by molar-refractivity contribution is 6.06. The van der Waals surface area contributed by atoms with E-state index in [1.807, 2.05) is 31.4 Å². The van der Waals surface area contributed by atoms with Crippen molar-refractivity contribution in [2.45, 2.75) is 27.3 Å². The molecule has 2 rings (SSSR count). The van der Waals surface area contributed by atoms with E-state index in [2.05, 4.69) is 21.9 Å². The molecule has 0 bridgehead atoms. The minimum absolute atomic E-state index is 0.0323. The molecule has 0 fully saturated rings. The van der Waals surface area contributed by atoms with Crippen LogP contribution < -0.4 is 5.32 Å². The topological polar surface area (TPSA) is 68.5 Å². The minimum atomic E-state index is -0.618. The summed E-state index contributed by atoms with van der Waals surface area (Å²) < 4.78 is 19.6. The predicted octanol–water partition coefficient (Wildman–Crippen LogP) is 3.57. The van der Waals surface area contributed by atoms with E-state index in [0.29, 0.717) is 17.6 Å². The number of fused-ring (bicyclic) bond motifs is 1. The third-order valence-electron chi connectivity index (χ3n) is 4.31. The maximum absolute atomic E-state index is 12.4. The second-order valence-corrected chi connectivity index (χ2v) is 6.14. The van der Waals surface area contributed by atoms with Crippen molar-refractivity contribution >= 4 is 22.7 Å². The molecule has 2 aromatic heterocycles. The summed E-state index contributed by atoms with van der Waals surface area (Å²) in [6, 6.07) is 1.96. The van der Waals surface area contributed by atoms with Crippen LogP contribution in [0.15, 0.2) is 47.6 Å². The molecule has 6 nitrogen and oxygen atoms in total. The van der Waals surface area contributed by atoms with Gasteiger partial charge >= 0.3 is 0 Å². The summed E-state index contributed by atoms with van der Waals surface area (Å²) >= 11 is 0. The van der Waals surface area contributed by atoms with Crippen molar-refractivity contribution in [3.05, 3.63) is 53.7 Å². The van der Waals surface area contributed by atoms with Crippen LogP contribution in [-0.2, 0) is 11.3 Å². The molecule has 27 heavy (non-hydrogen) atoms. The lowest BCUT2D eigenvalue weighted by atomic mass is 10.1. The lowest BCUT2D eigenvalue weighted by Crippen LogP contribution is -2.25. The van der Waals surface area contributed by atoms with Gasteiger partial charge in [-0.2, -0.15) is 0 Å². The Morgan fingerprint density at radius 1 is 1.48 bits per heavy atom. The second kappa shape index (κ2) is 9.12. The molecule has 144 valence electrons. The number of aromatic nitrogens is 2. The lowest BCUT2D eigenvalue weighted by molar-refractivity contribution is 0.0952. The highest BCUT2D eigenvalue weighted by atomic mass is 19.1. The fourth-order valence-electron chi connectivity index (χ4n) is 2.70. The zero-order valence-corrected chi connectivity index (χ0v) is 16.2. The number of nitrogens with one attached hydrogen (secondary N) is 1.